The monoisotopic (exact) mass is 363 g/mol. The second kappa shape index (κ2) is 9.67. The van der Waals surface area contributed by atoms with Gasteiger partial charge in [-0.1, -0.05) is 12.1 Å². The highest BCUT2D eigenvalue weighted by atomic mass is 35.5. The SMILES string of the molecule is O=C(O)CCCC(=O)Nc1ccc(CCOP(=O)(O)CCl)cc1. The van der Waals surface area contributed by atoms with Crippen LogP contribution >= 0.6 is 19.2 Å². The topological polar surface area (TPSA) is 113 Å². The van der Waals surface area contributed by atoms with E-state index in [4.69, 9.17) is 26.1 Å². The molecule has 0 saturated carbocycles. The molecule has 0 radical (unpaired) electrons. The van der Waals surface area contributed by atoms with Crippen molar-refractivity contribution in [2.75, 3.05) is 17.5 Å². The number of alkyl halides is 1. The van der Waals surface area contributed by atoms with Crippen molar-refractivity contribution < 1.29 is 28.7 Å². The van der Waals surface area contributed by atoms with Crippen LogP contribution in [-0.4, -0.2) is 34.1 Å². The molecule has 1 aromatic rings. The van der Waals surface area contributed by atoms with Gasteiger partial charge < -0.3 is 19.8 Å². The zero-order valence-corrected chi connectivity index (χ0v) is 14.1. The van der Waals surface area contributed by atoms with Crippen LogP contribution < -0.4 is 5.32 Å². The van der Waals surface area contributed by atoms with Crippen molar-refractivity contribution in [3.05, 3.63) is 29.8 Å². The van der Waals surface area contributed by atoms with Crippen LogP contribution in [0.4, 0.5) is 5.69 Å². The number of nitrogens with one attached hydrogen (secondary N) is 1. The molecule has 1 unspecified atom stereocenters. The van der Waals surface area contributed by atoms with Crippen LogP contribution in [0.25, 0.3) is 0 Å². The first-order valence-electron chi connectivity index (χ1n) is 6.95. The smallest absolute Gasteiger partial charge is 0.342 e. The van der Waals surface area contributed by atoms with Crippen molar-refractivity contribution >= 4 is 36.8 Å². The van der Waals surface area contributed by atoms with Crippen LogP contribution in [0.15, 0.2) is 24.3 Å². The van der Waals surface area contributed by atoms with E-state index in [2.05, 4.69) is 5.32 Å². The summed E-state index contributed by atoms with van der Waals surface area (Å²) in [4.78, 5) is 31.1. The van der Waals surface area contributed by atoms with E-state index < -0.39 is 19.2 Å². The summed E-state index contributed by atoms with van der Waals surface area (Å²) in [5.74, 6) is -1.17. The Morgan fingerprint density at radius 1 is 1.22 bits per heavy atom. The molecular weight excluding hydrogens is 345 g/mol. The number of carboxylic acid groups (broad SMARTS) is 1. The Morgan fingerprint density at radius 2 is 1.87 bits per heavy atom. The fourth-order valence-electron chi connectivity index (χ4n) is 1.72. The number of rotatable bonds is 10. The molecule has 0 saturated heterocycles. The maximum atomic E-state index is 11.6. The molecule has 1 amide bonds. The zero-order valence-electron chi connectivity index (χ0n) is 12.4. The lowest BCUT2D eigenvalue weighted by Gasteiger charge is -2.09. The number of carbonyl (C=O) groups excluding carboxylic acids is 1. The molecular formula is C14H19ClNO6P. The molecule has 1 rings (SSSR count). The third kappa shape index (κ3) is 8.71. The van der Waals surface area contributed by atoms with Gasteiger partial charge >= 0.3 is 13.6 Å². The van der Waals surface area contributed by atoms with Gasteiger partial charge in [-0.25, -0.2) is 0 Å². The summed E-state index contributed by atoms with van der Waals surface area (Å²) in [5.41, 5.74) is 1.03. The molecule has 0 aliphatic rings. The van der Waals surface area contributed by atoms with Gasteiger partial charge in [0.2, 0.25) is 5.91 Å². The van der Waals surface area contributed by atoms with E-state index in [-0.39, 0.29) is 25.4 Å². The summed E-state index contributed by atoms with van der Waals surface area (Å²) in [7, 11) is -3.69. The number of benzene rings is 1. The number of hydrogen-bond donors (Lipinski definition) is 3. The van der Waals surface area contributed by atoms with E-state index in [0.29, 0.717) is 18.5 Å². The molecule has 23 heavy (non-hydrogen) atoms. The lowest BCUT2D eigenvalue weighted by molar-refractivity contribution is -0.137. The van der Waals surface area contributed by atoms with E-state index in [0.717, 1.165) is 5.56 Å². The zero-order chi connectivity index (χ0) is 17.3. The predicted octanol–water partition coefficient (Wildman–Crippen LogP) is 2.82. The fraction of sp³-hybridized carbons (Fsp3) is 0.429. The molecule has 0 heterocycles. The van der Waals surface area contributed by atoms with E-state index in [9.17, 15) is 14.2 Å². The number of aliphatic carboxylic acids is 1. The summed E-state index contributed by atoms with van der Waals surface area (Å²) >= 11 is 5.29. The predicted molar refractivity (Wildman–Crippen MR) is 86.8 cm³/mol. The quantitative estimate of drug-likeness (QED) is 0.435. The van der Waals surface area contributed by atoms with Gasteiger partial charge in [-0.3, -0.25) is 14.2 Å². The Bertz CT molecular complexity index is 577. The summed E-state index contributed by atoms with van der Waals surface area (Å²) < 4.78 is 16.0. The lowest BCUT2D eigenvalue weighted by Crippen LogP contribution is -2.11. The number of carbonyl (C=O) groups is 2. The molecule has 0 fully saturated rings. The number of hydrogen-bond acceptors (Lipinski definition) is 4. The highest BCUT2D eigenvalue weighted by Crippen LogP contribution is 2.42. The Kier molecular flexibility index (Phi) is 8.26. The van der Waals surface area contributed by atoms with Crippen LogP contribution in [0.3, 0.4) is 0 Å². The van der Waals surface area contributed by atoms with E-state index in [1.807, 2.05) is 0 Å². The number of anilines is 1. The normalized spacial score (nSPS) is 13.3. The van der Waals surface area contributed by atoms with Gasteiger partial charge in [0.05, 0.1) is 6.61 Å². The molecule has 0 aliphatic heterocycles. The van der Waals surface area contributed by atoms with E-state index in [1.54, 1.807) is 24.3 Å². The van der Waals surface area contributed by atoms with E-state index in [1.165, 1.54) is 0 Å². The Hall–Kier alpha value is -1.40. The third-order valence-electron chi connectivity index (χ3n) is 2.87. The van der Waals surface area contributed by atoms with Gasteiger partial charge in [0, 0.05) is 18.5 Å². The Morgan fingerprint density at radius 3 is 2.43 bits per heavy atom. The van der Waals surface area contributed by atoms with Crippen LogP contribution in [0.1, 0.15) is 24.8 Å². The van der Waals surface area contributed by atoms with Crippen molar-refractivity contribution in [3.63, 3.8) is 0 Å². The van der Waals surface area contributed by atoms with Crippen LogP contribution in [0, 0.1) is 0 Å². The lowest BCUT2D eigenvalue weighted by atomic mass is 10.1. The number of halogens is 1. The average Bonchev–Trinajstić information content (AvgIpc) is 2.48. The van der Waals surface area contributed by atoms with Crippen LogP contribution in [0.2, 0.25) is 0 Å². The molecule has 1 atom stereocenters. The van der Waals surface area contributed by atoms with Crippen molar-refractivity contribution in [2.24, 2.45) is 0 Å². The highest BCUT2D eigenvalue weighted by molar-refractivity contribution is 7.54. The Balaban J connectivity index is 2.37. The molecule has 0 bridgehead atoms. The first-order valence-corrected chi connectivity index (χ1v) is 9.25. The Labute approximate surface area is 139 Å². The number of amides is 1. The maximum absolute atomic E-state index is 11.6. The molecule has 9 heteroatoms. The van der Waals surface area contributed by atoms with Crippen LogP contribution in [0.5, 0.6) is 0 Å². The number of carboxylic acids is 1. The first kappa shape index (κ1) is 19.6. The van der Waals surface area contributed by atoms with Gasteiger partial charge in [-0.05, 0) is 30.5 Å². The molecule has 0 aliphatic carbocycles. The molecule has 3 N–H and O–H groups in total. The molecule has 0 aromatic heterocycles. The molecule has 7 nitrogen and oxygen atoms in total. The minimum atomic E-state index is -3.69. The van der Waals surface area contributed by atoms with Crippen molar-refractivity contribution in [2.45, 2.75) is 25.7 Å². The van der Waals surface area contributed by atoms with Crippen molar-refractivity contribution in [1.29, 1.82) is 0 Å². The molecule has 128 valence electrons. The second-order valence-corrected chi connectivity index (χ2v) is 7.32. The van der Waals surface area contributed by atoms with Gasteiger partial charge in [0.1, 0.15) is 5.62 Å². The summed E-state index contributed by atoms with van der Waals surface area (Å²) in [6.45, 7) is 0.0708. The van der Waals surface area contributed by atoms with Crippen LogP contribution in [-0.2, 0) is 25.1 Å². The average molecular weight is 364 g/mol. The largest absolute Gasteiger partial charge is 0.481 e. The minimum absolute atomic E-state index is 0.0383. The highest BCUT2D eigenvalue weighted by Gasteiger charge is 2.16. The maximum Gasteiger partial charge on any atom is 0.342 e. The summed E-state index contributed by atoms with van der Waals surface area (Å²) in [6.07, 6.45) is 0.835. The fourth-order valence-corrected chi connectivity index (χ4v) is 2.37. The van der Waals surface area contributed by atoms with Gasteiger partial charge in [-0.15, -0.1) is 11.6 Å². The molecule has 0 spiro atoms. The summed E-state index contributed by atoms with van der Waals surface area (Å²) in [5, 5.41) is 11.2. The molecule has 1 aromatic carbocycles. The van der Waals surface area contributed by atoms with Gasteiger partial charge in [0.15, 0.2) is 0 Å². The summed E-state index contributed by atoms with van der Waals surface area (Å²) in [6, 6.07) is 6.92. The third-order valence-corrected chi connectivity index (χ3v) is 4.66. The minimum Gasteiger partial charge on any atom is -0.481 e. The van der Waals surface area contributed by atoms with Gasteiger partial charge in [-0.2, -0.15) is 0 Å². The van der Waals surface area contributed by atoms with Crippen molar-refractivity contribution in [1.82, 2.24) is 0 Å². The van der Waals surface area contributed by atoms with Gasteiger partial charge in [0.25, 0.3) is 0 Å². The first-order chi connectivity index (χ1) is 10.8. The standard InChI is InChI=1S/C14H19ClNO6P/c15-10-23(20,21)22-9-8-11-4-6-12(7-5-11)16-13(17)2-1-3-14(18)19/h4-7H,1-3,8-10H2,(H,16,17)(H,18,19)(H,20,21). The van der Waals surface area contributed by atoms with Crippen molar-refractivity contribution in [3.8, 4) is 0 Å². The van der Waals surface area contributed by atoms with E-state index >= 15 is 0 Å². The second-order valence-electron chi connectivity index (χ2n) is 4.83.